The van der Waals surface area contributed by atoms with Crippen LogP contribution < -0.4 is 0 Å². The number of likely N-dealkylation sites (tertiary alicyclic amines) is 1. The molecular weight excluding hydrogens is 344 g/mol. The van der Waals surface area contributed by atoms with Gasteiger partial charge in [0, 0.05) is 49.5 Å². The Morgan fingerprint density at radius 3 is 2.48 bits per heavy atom. The average Bonchev–Trinajstić information content (AvgIpc) is 3.19. The van der Waals surface area contributed by atoms with Crippen molar-refractivity contribution in [1.82, 2.24) is 9.47 Å². The van der Waals surface area contributed by atoms with Crippen molar-refractivity contribution >= 4 is 34.3 Å². The monoisotopic (exact) mass is 362 g/mol. The van der Waals surface area contributed by atoms with Gasteiger partial charge in [0.1, 0.15) is 0 Å². The summed E-state index contributed by atoms with van der Waals surface area (Å²) in [6, 6.07) is 5.22. The van der Waals surface area contributed by atoms with Gasteiger partial charge in [-0.05, 0) is 18.2 Å². The standard InChI is InChI=1S/C18H19ClN2O4/c1-12(22)21-11-15(14-10-13(19)2-3-16(14)21)17(23)20-6-4-18(5-7-20)24-8-9-25-18/h2-3,10-11H,4-9H2,1H3. The molecule has 0 aliphatic carbocycles. The molecule has 0 N–H and O–H groups in total. The third-order valence-corrected chi connectivity index (χ3v) is 5.20. The Labute approximate surface area is 150 Å². The number of ether oxygens (including phenoxy) is 2. The van der Waals surface area contributed by atoms with Gasteiger partial charge in [-0.1, -0.05) is 11.6 Å². The normalized spacial score (nSPS) is 19.7. The molecule has 6 nitrogen and oxygen atoms in total. The lowest BCUT2D eigenvalue weighted by Crippen LogP contribution is -2.47. The molecule has 0 radical (unpaired) electrons. The topological polar surface area (TPSA) is 60.8 Å². The second-order valence-electron chi connectivity index (χ2n) is 6.49. The van der Waals surface area contributed by atoms with E-state index in [0.717, 1.165) is 0 Å². The molecule has 1 spiro atoms. The van der Waals surface area contributed by atoms with Gasteiger partial charge in [0.2, 0.25) is 5.91 Å². The van der Waals surface area contributed by atoms with Crippen molar-refractivity contribution in [3.05, 3.63) is 35.0 Å². The van der Waals surface area contributed by atoms with Crippen LogP contribution in [0.3, 0.4) is 0 Å². The Morgan fingerprint density at radius 1 is 1.16 bits per heavy atom. The quantitative estimate of drug-likeness (QED) is 0.782. The van der Waals surface area contributed by atoms with Crippen molar-refractivity contribution in [3.63, 3.8) is 0 Å². The lowest BCUT2D eigenvalue weighted by atomic mass is 10.0. The maximum absolute atomic E-state index is 13.0. The highest BCUT2D eigenvalue weighted by molar-refractivity contribution is 6.31. The number of hydrogen-bond donors (Lipinski definition) is 0. The highest BCUT2D eigenvalue weighted by atomic mass is 35.5. The first-order chi connectivity index (χ1) is 12.0. The summed E-state index contributed by atoms with van der Waals surface area (Å²) in [7, 11) is 0. The van der Waals surface area contributed by atoms with Crippen LogP contribution in [0.4, 0.5) is 0 Å². The first-order valence-electron chi connectivity index (χ1n) is 8.38. The van der Waals surface area contributed by atoms with Crippen molar-refractivity contribution in [2.24, 2.45) is 0 Å². The van der Waals surface area contributed by atoms with Crippen LogP contribution in [0.15, 0.2) is 24.4 Å². The number of carbonyl (C=O) groups excluding carboxylic acids is 2. The first kappa shape index (κ1) is 16.6. The summed E-state index contributed by atoms with van der Waals surface area (Å²) >= 11 is 6.10. The molecule has 2 saturated heterocycles. The number of carbonyl (C=O) groups is 2. The van der Waals surface area contributed by atoms with Crippen LogP contribution >= 0.6 is 11.6 Å². The third-order valence-electron chi connectivity index (χ3n) is 4.96. The molecule has 1 aromatic carbocycles. The zero-order chi connectivity index (χ0) is 17.6. The summed E-state index contributed by atoms with van der Waals surface area (Å²) in [4.78, 5) is 26.7. The molecule has 132 valence electrons. The molecule has 2 aliphatic rings. The van der Waals surface area contributed by atoms with E-state index in [2.05, 4.69) is 0 Å². The van der Waals surface area contributed by atoms with Gasteiger partial charge in [-0.25, -0.2) is 0 Å². The zero-order valence-electron chi connectivity index (χ0n) is 14.0. The molecule has 2 aromatic rings. The molecule has 3 heterocycles. The molecule has 4 rings (SSSR count). The summed E-state index contributed by atoms with van der Waals surface area (Å²) in [5, 5.41) is 1.23. The molecule has 2 fully saturated rings. The highest BCUT2D eigenvalue weighted by Gasteiger charge is 2.41. The van der Waals surface area contributed by atoms with Crippen molar-refractivity contribution < 1.29 is 19.1 Å². The van der Waals surface area contributed by atoms with Crippen LogP contribution in [0, 0.1) is 0 Å². The van der Waals surface area contributed by atoms with E-state index >= 15 is 0 Å². The van der Waals surface area contributed by atoms with Gasteiger partial charge < -0.3 is 14.4 Å². The molecular formula is C18H19ClN2O4. The zero-order valence-corrected chi connectivity index (χ0v) is 14.7. The average molecular weight is 363 g/mol. The lowest BCUT2D eigenvalue weighted by molar-refractivity contribution is -0.181. The second kappa shape index (κ2) is 6.12. The summed E-state index contributed by atoms with van der Waals surface area (Å²) in [5.74, 6) is -0.759. The summed E-state index contributed by atoms with van der Waals surface area (Å²) in [6.45, 7) is 3.82. The number of hydrogen-bond acceptors (Lipinski definition) is 4. The predicted molar refractivity (Wildman–Crippen MR) is 93.0 cm³/mol. The first-order valence-corrected chi connectivity index (χ1v) is 8.76. The molecule has 1 aromatic heterocycles. The van der Waals surface area contributed by atoms with Gasteiger partial charge in [0.15, 0.2) is 5.79 Å². The fourth-order valence-electron chi connectivity index (χ4n) is 3.64. The molecule has 0 bridgehead atoms. The fourth-order valence-corrected chi connectivity index (χ4v) is 3.81. The van der Waals surface area contributed by atoms with Crippen LogP contribution in [-0.4, -0.2) is 53.4 Å². The van der Waals surface area contributed by atoms with Crippen molar-refractivity contribution in [3.8, 4) is 0 Å². The number of aromatic nitrogens is 1. The van der Waals surface area contributed by atoms with E-state index in [1.807, 2.05) is 0 Å². The Morgan fingerprint density at radius 2 is 1.84 bits per heavy atom. The number of fused-ring (bicyclic) bond motifs is 1. The van der Waals surface area contributed by atoms with E-state index in [0.29, 0.717) is 60.6 Å². The largest absolute Gasteiger partial charge is 0.347 e. The van der Waals surface area contributed by atoms with Crippen molar-refractivity contribution in [1.29, 1.82) is 0 Å². The maximum atomic E-state index is 13.0. The van der Waals surface area contributed by atoms with Crippen molar-refractivity contribution in [2.45, 2.75) is 25.6 Å². The summed E-state index contributed by atoms with van der Waals surface area (Å²) in [6.07, 6.45) is 2.92. The van der Waals surface area contributed by atoms with Gasteiger partial charge in [-0.15, -0.1) is 0 Å². The SMILES string of the molecule is CC(=O)n1cc(C(=O)N2CCC3(CC2)OCCO3)c2cc(Cl)ccc21. The fraction of sp³-hybridized carbons (Fsp3) is 0.444. The van der Waals surface area contributed by atoms with Gasteiger partial charge in [0.25, 0.3) is 5.91 Å². The predicted octanol–water partition coefficient (Wildman–Crippen LogP) is 2.93. The van der Waals surface area contributed by atoms with E-state index in [-0.39, 0.29) is 11.8 Å². The smallest absolute Gasteiger partial charge is 0.256 e. The highest BCUT2D eigenvalue weighted by Crippen LogP contribution is 2.33. The Balaban J connectivity index is 1.64. The van der Waals surface area contributed by atoms with E-state index in [4.69, 9.17) is 21.1 Å². The summed E-state index contributed by atoms with van der Waals surface area (Å²) in [5.41, 5.74) is 1.19. The van der Waals surface area contributed by atoms with E-state index in [1.54, 1.807) is 29.3 Å². The van der Waals surface area contributed by atoms with Gasteiger partial charge in [-0.3, -0.25) is 14.2 Å². The number of nitrogens with zero attached hydrogens (tertiary/aromatic N) is 2. The minimum atomic E-state index is -0.520. The Kier molecular flexibility index (Phi) is 4.06. The molecule has 1 amide bonds. The van der Waals surface area contributed by atoms with Crippen LogP contribution in [0.25, 0.3) is 10.9 Å². The minimum Gasteiger partial charge on any atom is -0.347 e. The minimum absolute atomic E-state index is 0.0971. The Bertz CT molecular complexity index is 844. The Hall–Kier alpha value is -1.89. The van der Waals surface area contributed by atoms with Crippen LogP contribution in [0.2, 0.25) is 5.02 Å². The van der Waals surface area contributed by atoms with Gasteiger partial charge in [-0.2, -0.15) is 0 Å². The number of halogens is 1. The molecule has 2 aliphatic heterocycles. The third kappa shape index (κ3) is 2.84. The van der Waals surface area contributed by atoms with E-state index < -0.39 is 5.79 Å². The van der Waals surface area contributed by atoms with E-state index in [9.17, 15) is 9.59 Å². The van der Waals surface area contributed by atoms with Crippen LogP contribution in [0.5, 0.6) is 0 Å². The molecule has 7 heteroatoms. The van der Waals surface area contributed by atoms with Crippen molar-refractivity contribution in [2.75, 3.05) is 26.3 Å². The van der Waals surface area contributed by atoms with Gasteiger partial charge in [0.05, 0.1) is 24.3 Å². The molecule has 25 heavy (non-hydrogen) atoms. The van der Waals surface area contributed by atoms with Crippen LogP contribution in [-0.2, 0) is 9.47 Å². The number of rotatable bonds is 1. The van der Waals surface area contributed by atoms with E-state index in [1.165, 1.54) is 11.5 Å². The second-order valence-corrected chi connectivity index (χ2v) is 6.93. The van der Waals surface area contributed by atoms with Crippen LogP contribution in [0.1, 0.15) is 34.9 Å². The molecule has 0 atom stereocenters. The molecule has 0 unspecified atom stereocenters. The van der Waals surface area contributed by atoms with Gasteiger partial charge >= 0.3 is 0 Å². The molecule has 0 saturated carbocycles. The maximum Gasteiger partial charge on any atom is 0.256 e. The number of amides is 1. The lowest BCUT2D eigenvalue weighted by Gasteiger charge is -2.37. The number of piperidine rings is 1. The summed E-state index contributed by atoms with van der Waals surface area (Å²) < 4.78 is 12.9. The number of benzene rings is 1.